The summed E-state index contributed by atoms with van der Waals surface area (Å²) in [5.74, 6) is 0.774. The van der Waals surface area contributed by atoms with Gasteiger partial charge in [0.2, 0.25) is 0 Å². The van der Waals surface area contributed by atoms with Crippen LogP contribution < -0.4 is 9.64 Å². The number of benzene rings is 1. The van der Waals surface area contributed by atoms with Crippen molar-refractivity contribution in [3.63, 3.8) is 0 Å². The standard InChI is InChI=1S/C33H38N6O5/c1-18-22-9-7-8-19-12-34-13-23(27(19)22)28-26(18)29-24(14-35-28)30(37-31(36-29)43-17-25(41-5)42-6)38-15-20-10-11-21(16-38)39(20)32(40)44-33(2,3)4/h7-9,12-14,18,20-21,25H,10-11,15-17H2,1-6H3. The molecule has 3 atom stereocenters. The van der Waals surface area contributed by atoms with E-state index in [1.807, 2.05) is 44.3 Å². The van der Waals surface area contributed by atoms with E-state index >= 15 is 0 Å². The first-order valence-electron chi connectivity index (χ1n) is 15.2. The number of amides is 1. The molecular formula is C33H38N6O5. The predicted molar refractivity (Wildman–Crippen MR) is 166 cm³/mol. The van der Waals surface area contributed by atoms with E-state index in [-0.39, 0.29) is 36.7 Å². The van der Waals surface area contributed by atoms with E-state index in [0.29, 0.717) is 13.1 Å². The molecule has 3 aromatic heterocycles. The van der Waals surface area contributed by atoms with Gasteiger partial charge in [0.15, 0.2) is 6.29 Å². The average Bonchev–Trinajstić information content (AvgIpc) is 3.28. The fourth-order valence-corrected chi connectivity index (χ4v) is 7.03. The fraction of sp³-hybridized carbons (Fsp3) is 0.485. The van der Waals surface area contributed by atoms with Crippen molar-refractivity contribution in [2.24, 2.45) is 0 Å². The Morgan fingerprint density at radius 2 is 1.80 bits per heavy atom. The second-order valence-electron chi connectivity index (χ2n) is 12.9. The molecule has 44 heavy (non-hydrogen) atoms. The summed E-state index contributed by atoms with van der Waals surface area (Å²) in [7, 11) is 3.14. The molecule has 2 saturated heterocycles. The minimum absolute atomic E-state index is 0.0180. The van der Waals surface area contributed by atoms with Crippen molar-refractivity contribution in [1.29, 1.82) is 0 Å². The maximum Gasteiger partial charge on any atom is 0.410 e. The molecule has 230 valence electrons. The first-order chi connectivity index (χ1) is 21.2. The molecule has 1 amide bonds. The second-order valence-corrected chi connectivity index (χ2v) is 12.9. The molecule has 11 nitrogen and oxygen atoms in total. The van der Waals surface area contributed by atoms with Crippen LogP contribution in [0.15, 0.2) is 36.8 Å². The molecule has 2 fully saturated rings. The van der Waals surface area contributed by atoms with Crippen molar-refractivity contribution in [3.05, 3.63) is 47.9 Å². The number of methoxy groups -OCH3 is 2. The van der Waals surface area contributed by atoms with E-state index < -0.39 is 11.9 Å². The topological polar surface area (TPSA) is 112 Å². The molecule has 3 unspecified atom stereocenters. The number of pyridine rings is 2. The molecule has 2 bridgehead atoms. The van der Waals surface area contributed by atoms with E-state index in [1.165, 1.54) is 10.9 Å². The van der Waals surface area contributed by atoms with Gasteiger partial charge < -0.3 is 23.8 Å². The van der Waals surface area contributed by atoms with Crippen LogP contribution in [0.3, 0.4) is 0 Å². The molecule has 0 radical (unpaired) electrons. The molecule has 1 aromatic carbocycles. The van der Waals surface area contributed by atoms with Gasteiger partial charge >= 0.3 is 12.1 Å². The zero-order chi connectivity index (χ0) is 30.7. The third kappa shape index (κ3) is 4.78. The maximum absolute atomic E-state index is 13.2. The average molecular weight is 599 g/mol. The second kappa shape index (κ2) is 10.8. The van der Waals surface area contributed by atoms with E-state index in [9.17, 15) is 4.79 Å². The number of anilines is 1. The lowest BCUT2D eigenvalue weighted by atomic mass is 9.80. The van der Waals surface area contributed by atoms with Crippen LogP contribution in [0.5, 0.6) is 6.01 Å². The van der Waals surface area contributed by atoms with Crippen LogP contribution in [0.4, 0.5) is 10.6 Å². The van der Waals surface area contributed by atoms with Crippen LogP contribution >= 0.6 is 0 Å². The summed E-state index contributed by atoms with van der Waals surface area (Å²) >= 11 is 0. The molecule has 0 N–H and O–H groups in total. The van der Waals surface area contributed by atoms with Gasteiger partial charge in [0.05, 0.1) is 28.7 Å². The Labute approximate surface area is 256 Å². The van der Waals surface area contributed by atoms with Crippen molar-refractivity contribution in [2.75, 3.05) is 38.8 Å². The Hall–Kier alpha value is -4.09. The highest BCUT2D eigenvalue weighted by Crippen LogP contribution is 2.47. The van der Waals surface area contributed by atoms with Crippen molar-refractivity contribution < 1.29 is 23.7 Å². The smallest absolute Gasteiger partial charge is 0.410 e. The van der Waals surface area contributed by atoms with Crippen LogP contribution in [0.1, 0.15) is 57.6 Å². The number of ether oxygens (including phenoxy) is 4. The summed E-state index contributed by atoms with van der Waals surface area (Å²) in [6, 6.07) is 6.62. The summed E-state index contributed by atoms with van der Waals surface area (Å²) < 4.78 is 22.6. The van der Waals surface area contributed by atoms with Gasteiger partial charge in [0.25, 0.3) is 0 Å². The Morgan fingerprint density at radius 3 is 2.50 bits per heavy atom. The van der Waals surface area contributed by atoms with Crippen molar-refractivity contribution in [3.8, 4) is 17.3 Å². The van der Waals surface area contributed by atoms with E-state index in [0.717, 1.165) is 51.8 Å². The Bertz CT molecular complexity index is 1730. The normalized spacial score (nSPS) is 20.8. The number of carbonyl (C=O) groups is 1. The number of nitrogens with zero attached hydrogens (tertiary/aromatic N) is 6. The number of fused-ring (bicyclic) bond motifs is 6. The van der Waals surface area contributed by atoms with Crippen molar-refractivity contribution in [2.45, 2.75) is 70.4 Å². The van der Waals surface area contributed by atoms with E-state index in [1.54, 1.807) is 14.2 Å². The number of hydrogen-bond acceptors (Lipinski definition) is 10. The van der Waals surface area contributed by atoms with Gasteiger partial charge in [-0.25, -0.2) is 4.79 Å². The molecule has 0 saturated carbocycles. The molecule has 4 aromatic rings. The SMILES string of the molecule is COC(COc1nc(N2CC3CCC(C2)N3C(=O)OC(C)(C)C)c2cnc3c(c2n1)C(C)c1cccc2cncc-3c12)OC. The lowest BCUT2D eigenvalue weighted by Gasteiger charge is -2.42. The highest BCUT2D eigenvalue weighted by Gasteiger charge is 2.45. The molecular weight excluding hydrogens is 560 g/mol. The van der Waals surface area contributed by atoms with Crippen molar-refractivity contribution >= 4 is 33.6 Å². The van der Waals surface area contributed by atoms with Crippen molar-refractivity contribution in [1.82, 2.24) is 24.8 Å². The largest absolute Gasteiger partial charge is 0.458 e. The zero-order valence-corrected chi connectivity index (χ0v) is 26.0. The first kappa shape index (κ1) is 28.7. The monoisotopic (exact) mass is 598 g/mol. The maximum atomic E-state index is 13.2. The summed E-state index contributed by atoms with van der Waals surface area (Å²) in [4.78, 5) is 36.8. The molecule has 0 spiro atoms. The van der Waals surface area contributed by atoms with Crippen LogP contribution in [-0.4, -0.2) is 88.8 Å². The molecule has 11 heteroatoms. The molecule has 2 aliphatic heterocycles. The van der Waals surface area contributed by atoms with Gasteiger partial charge in [0.1, 0.15) is 18.0 Å². The Kier molecular flexibility index (Phi) is 7.05. The summed E-state index contributed by atoms with van der Waals surface area (Å²) in [5.41, 5.74) is 4.35. The lowest BCUT2D eigenvalue weighted by Crippen LogP contribution is -2.57. The summed E-state index contributed by atoms with van der Waals surface area (Å²) in [6.07, 6.45) is 6.68. The van der Waals surface area contributed by atoms with Crippen LogP contribution in [-0.2, 0) is 14.2 Å². The zero-order valence-electron chi connectivity index (χ0n) is 26.0. The quantitative estimate of drug-likeness (QED) is 0.271. The minimum Gasteiger partial charge on any atom is -0.458 e. The lowest BCUT2D eigenvalue weighted by molar-refractivity contribution is -0.123. The number of piperazine rings is 1. The van der Waals surface area contributed by atoms with Gasteiger partial charge in [0, 0.05) is 68.3 Å². The fourth-order valence-electron chi connectivity index (χ4n) is 7.03. The summed E-state index contributed by atoms with van der Waals surface area (Å²) in [6.45, 7) is 9.28. The molecule has 5 heterocycles. The highest BCUT2D eigenvalue weighted by molar-refractivity contribution is 6.05. The minimum atomic E-state index is -0.563. The predicted octanol–water partition coefficient (Wildman–Crippen LogP) is 5.29. The first-order valence-corrected chi connectivity index (χ1v) is 15.2. The third-order valence-electron chi connectivity index (χ3n) is 8.97. The highest BCUT2D eigenvalue weighted by atomic mass is 16.7. The number of hydrogen-bond donors (Lipinski definition) is 0. The Morgan fingerprint density at radius 1 is 1.05 bits per heavy atom. The van der Waals surface area contributed by atoms with Crippen LogP contribution in [0.2, 0.25) is 0 Å². The molecule has 1 aliphatic carbocycles. The van der Waals surface area contributed by atoms with Crippen LogP contribution in [0.25, 0.3) is 32.9 Å². The molecule has 3 aliphatic rings. The van der Waals surface area contributed by atoms with Crippen LogP contribution in [0, 0.1) is 0 Å². The van der Waals surface area contributed by atoms with Gasteiger partial charge in [-0.1, -0.05) is 25.1 Å². The third-order valence-corrected chi connectivity index (χ3v) is 8.97. The number of carbonyl (C=O) groups excluding carboxylic acids is 1. The van der Waals surface area contributed by atoms with Gasteiger partial charge in [-0.05, 0) is 44.6 Å². The molecule has 7 rings (SSSR count). The van der Waals surface area contributed by atoms with Gasteiger partial charge in [-0.2, -0.15) is 9.97 Å². The number of rotatable bonds is 6. The van der Waals surface area contributed by atoms with E-state index in [2.05, 4.69) is 35.0 Å². The Balaban J connectivity index is 1.34. The number of aromatic nitrogens is 4. The summed E-state index contributed by atoms with van der Waals surface area (Å²) in [5, 5.41) is 3.12. The van der Waals surface area contributed by atoms with Gasteiger partial charge in [-0.15, -0.1) is 0 Å². The van der Waals surface area contributed by atoms with E-state index in [4.69, 9.17) is 33.9 Å². The van der Waals surface area contributed by atoms with Gasteiger partial charge in [-0.3, -0.25) is 14.9 Å².